The average molecular weight is 477 g/mol. The summed E-state index contributed by atoms with van der Waals surface area (Å²) in [6, 6.07) is 8.12. The van der Waals surface area contributed by atoms with Crippen LogP contribution in [0.5, 0.6) is 17.2 Å². The minimum atomic E-state index is 0.656. The summed E-state index contributed by atoms with van der Waals surface area (Å²) in [5.41, 5.74) is 7.35. The third-order valence-electron chi connectivity index (χ3n) is 6.72. The lowest BCUT2D eigenvalue weighted by Crippen LogP contribution is -2.38. The van der Waals surface area contributed by atoms with Crippen molar-refractivity contribution < 1.29 is 18.9 Å². The first-order chi connectivity index (χ1) is 17.1. The fourth-order valence-corrected chi connectivity index (χ4v) is 4.77. The van der Waals surface area contributed by atoms with Crippen LogP contribution in [0, 0.1) is 13.8 Å². The van der Waals surface area contributed by atoms with Crippen LogP contribution in [0.1, 0.15) is 22.4 Å². The zero-order valence-corrected chi connectivity index (χ0v) is 20.8. The average Bonchev–Trinajstić information content (AvgIpc) is 3.36. The van der Waals surface area contributed by atoms with Gasteiger partial charge in [-0.2, -0.15) is 0 Å². The Kier molecular flexibility index (Phi) is 6.74. The Balaban J connectivity index is 1.41. The Labute approximate surface area is 205 Å². The third-order valence-corrected chi connectivity index (χ3v) is 6.72. The second kappa shape index (κ2) is 10.1. The van der Waals surface area contributed by atoms with Gasteiger partial charge in [0, 0.05) is 38.2 Å². The Bertz CT molecular complexity index is 1320. The van der Waals surface area contributed by atoms with Crippen LogP contribution in [0.2, 0.25) is 0 Å². The first kappa shape index (κ1) is 23.4. The lowest BCUT2D eigenvalue weighted by Gasteiger charge is -2.26. The van der Waals surface area contributed by atoms with Crippen molar-refractivity contribution in [3.8, 4) is 17.2 Å². The van der Waals surface area contributed by atoms with Gasteiger partial charge in [-0.3, -0.25) is 9.30 Å². The van der Waals surface area contributed by atoms with E-state index in [0.717, 1.165) is 60.8 Å². The SMILES string of the molecule is COc1cc2nc(Cc3c(C)cc(OCCN4CCOCC4)cc3C)c3cncn3c2cc1OC. The predicted octanol–water partition coefficient (Wildman–Crippen LogP) is 3.82. The molecule has 2 aromatic heterocycles. The topological polar surface area (TPSA) is 70.4 Å². The molecule has 0 bridgehead atoms. The number of ether oxygens (including phenoxy) is 4. The summed E-state index contributed by atoms with van der Waals surface area (Å²) in [6.45, 7) is 9.42. The van der Waals surface area contributed by atoms with Gasteiger partial charge >= 0.3 is 0 Å². The maximum Gasteiger partial charge on any atom is 0.163 e. The van der Waals surface area contributed by atoms with Crippen molar-refractivity contribution >= 4 is 16.6 Å². The van der Waals surface area contributed by atoms with Crippen LogP contribution in [0.4, 0.5) is 0 Å². The molecular formula is C27H32N4O4. The molecule has 35 heavy (non-hydrogen) atoms. The van der Waals surface area contributed by atoms with Gasteiger partial charge < -0.3 is 18.9 Å². The van der Waals surface area contributed by atoms with Crippen molar-refractivity contribution in [2.45, 2.75) is 20.3 Å². The van der Waals surface area contributed by atoms with E-state index in [2.05, 4.69) is 40.3 Å². The molecule has 8 nitrogen and oxygen atoms in total. The van der Waals surface area contributed by atoms with E-state index in [4.69, 9.17) is 23.9 Å². The molecule has 0 aliphatic carbocycles. The Hall–Kier alpha value is -3.36. The van der Waals surface area contributed by atoms with Crippen LogP contribution in [0.15, 0.2) is 36.8 Å². The molecule has 1 fully saturated rings. The number of rotatable bonds is 8. The summed E-state index contributed by atoms with van der Waals surface area (Å²) in [5, 5.41) is 0. The number of benzene rings is 2. The van der Waals surface area contributed by atoms with Gasteiger partial charge in [0.1, 0.15) is 12.4 Å². The quantitative estimate of drug-likeness (QED) is 0.383. The standard InChI is InChI=1S/C27H32N4O4/c1-18-11-20(35-10-7-30-5-8-34-9-6-30)12-19(2)21(18)13-22-25-16-28-17-31(25)24-15-27(33-4)26(32-3)14-23(24)29-22/h11-12,14-17H,5-10,13H2,1-4H3. The van der Waals surface area contributed by atoms with E-state index in [1.165, 1.54) is 16.7 Å². The monoisotopic (exact) mass is 476 g/mol. The fraction of sp³-hybridized carbons (Fsp3) is 0.407. The molecule has 0 atom stereocenters. The zero-order chi connectivity index (χ0) is 24.4. The fourth-order valence-electron chi connectivity index (χ4n) is 4.77. The Morgan fingerprint density at radius 3 is 2.37 bits per heavy atom. The molecule has 0 N–H and O–H groups in total. The second-order valence-corrected chi connectivity index (χ2v) is 8.92. The number of aryl methyl sites for hydroxylation is 2. The molecule has 4 aromatic rings. The molecule has 0 radical (unpaired) electrons. The van der Waals surface area contributed by atoms with Crippen molar-refractivity contribution in [1.29, 1.82) is 0 Å². The summed E-state index contributed by atoms with van der Waals surface area (Å²) in [6.07, 6.45) is 4.39. The van der Waals surface area contributed by atoms with Gasteiger partial charge in [0.05, 0.1) is 62.2 Å². The number of nitrogens with zero attached hydrogens (tertiary/aromatic N) is 4. The van der Waals surface area contributed by atoms with E-state index in [0.29, 0.717) is 24.5 Å². The van der Waals surface area contributed by atoms with Crippen LogP contribution < -0.4 is 14.2 Å². The first-order valence-electron chi connectivity index (χ1n) is 12.0. The van der Waals surface area contributed by atoms with Crippen LogP contribution in [0.25, 0.3) is 16.6 Å². The van der Waals surface area contributed by atoms with Gasteiger partial charge in [-0.1, -0.05) is 0 Å². The number of morpholine rings is 1. The highest BCUT2D eigenvalue weighted by Crippen LogP contribution is 2.33. The van der Waals surface area contributed by atoms with Crippen molar-refractivity contribution in [1.82, 2.24) is 19.3 Å². The van der Waals surface area contributed by atoms with Crippen molar-refractivity contribution in [2.24, 2.45) is 0 Å². The van der Waals surface area contributed by atoms with Gasteiger partial charge in [-0.25, -0.2) is 9.97 Å². The number of imidazole rings is 1. The molecule has 184 valence electrons. The van der Waals surface area contributed by atoms with Gasteiger partial charge in [-0.15, -0.1) is 0 Å². The smallest absolute Gasteiger partial charge is 0.163 e. The lowest BCUT2D eigenvalue weighted by atomic mass is 9.97. The van der Waals surface area contributed by atoms with E-state index in [9.17, 15) is 0 Å². The van der Waals surface area contributed by atoms with Gasteiger partial charge in [0.2, 0.25) is 0 Å². The first-order valence-corrected chi connectivity index (χ1v) is 12.0. The molecule has 0 amide bonds. The highest BCUT2D eigenvalue weighted by Gasteiger charge is 2.16. The summed E-state index contributed by atoms with van der Waals surface area (Å²) in [7, 11) is 3.27. The number of hydrogen-bond acceptors (Lipinski definition) is 7. The predicted molar refractivity (Wildman–Crippen MR) is 135 cm³/mol. The minimum absolute atomic E-state index is 0.656. The van der Waals surface area contributed by atoms with Crippen LogP contribution in [-0.4, -0.2) is 72.9 Å². The number of hydrogen-bond donors (Lipinski definition) is 0. The molecular weight excluding hydrogens is 444 g/mol. The van der Waals surface area contributed by atoms with Gasteiger partial charge in [0.25, 0.3) is 0 Å². The maximum atomic E-state index is 6.10. The molecule has 5 rings (SSSR count). The molecule has 2 aromatic carbocycles. The molecule has 1 saturated heterocycles. The van der Waals surface area contributed by atoms with E-state index in [1.807, 2.05) is 24.7 Å². The molecule has 0 unspecified atom stereocenters. The zero-order valence-electron chi connectivity index (χ0n) is 20.8. The van der Waals surface area contributed by atoms with Crippen LogP contribution in [-0.2, 0) is 11.2 Å². The van der Waals surface area contributed by atoms with Crippen molar-refractivity contribution in [2.75, 3.05) is 53.7 Å². The van der Waals surface area contributed by atoms with Crippen LogP contribution in [0.3, 0.4) is 0 Å². The molecule has 1 aliphatic heterocycles. The molecule has 3 heterocycles. The normalized spacial score (nSPS) is 14.5. The number of methoxy groups -OCH3 is 2. The van der Waals surface area contributed by atoms with Gasteiger partial charge in [-0.05, 0) is 42.7 Å². The van der Waals surface area contributed by atoms with E-state index in [1.54, 1.807) is 14.2 Å². The lowest BCUT2D eigenvalue weighted by molar-refractivity contribution is 0.0322. The number of aromatic nitrogens is 3. The summed E-state index contributed by atoms with van der Waals surface area (Å²) in [5.74, 6) is 2.24. The minimum Gasteiger partial charge on any atom is -0.493 e. The van der Waals surface area contributed by atoms with Crippen molar-refractivity contribution in [3.63, 3.8) is 0 Å². The second-order valence-electron chi connectivity index (χ2n) is 8.92. The summed E-state index contributed by atoms with van der Waals surface area (Å²) in [4.78, 5) is 11.8. The molecule has 0 saturated carbocycles. The van der Waals surface area contributed by atoms with E-state index >= 15 is 0 Å². The van der Waals surface area contributed by atoms with Gasteiger partial charge in [0.15, 0.2) is 11.5 Å². The van der Waals surface area contributed by atoms with E-state index < -0.39 is 0 Å². The van der Waals surface area contributed by atoms with Crippen LogP contribution >= 0.6 is 0 Å². The summed E-state index contributed by atoms with van der Waals surface area (Å²) < 4.78 is 24.6. The number of fused-ring (bicyclic) bond motifs is 3. The van der Waals surface area contributed by atoms with Crippen molar-refractivity contribution in [3.05, 3.63) is 59.2 Å². The highest BCUT2D eigenvalue weighted by molar-refractivity contribution is 5.83. The third kappa shape index (κ3) is 4.76. The molecule has 1 aliphatic rings. The maximum absolute atomic E-state index is 6.10. The Morgan fingerprint density at radius 2 is 1.66 bits per heavy atom. The Morgan fingerprint density at radius 1 is 0.943 bits per heavy atom. The largest absolute Gasteiger partial charge is 0.493 e. The summed E-state index contributed by atoms with van der Waals surface area (Å²) >= 11 is 0. The molecule has 0 spiro atoms. The van der Waals surface area contributed by atoms with E-state index in [-0.39, 0.29) is 0 Å². The highest BCUT2D eigenvalue weighted by atomic mass is 16.5. The molecule has 8 heteroatoms.